The lowest BCUT2D eigenvalue weighted by Gasteiger charge is -2.11. The monoisotopic (exact) mass is 445 g/mol. The Balaban J connectivity index is 1.37. The van der Waals surface area contributed by atoms with E-state index in [4.69, 9.17) is 4.42 Å². The summed E-state index contributed by atoms with van der Waals surface area (Å²) in [5, 5.41) is 6.13. The third-order valence-electron chi connectivity index (χ3n) is 4.97. The summed E-state index contributed by atoms with van der Waals surface area (Å²) in [5.41, 5.74) is 4.72. The van der Waals surface area contributed by atoms with E-state index in [1.807, 2.05) is 67.6 Å². The first-order valence-electron chi connectivity index (χ1n) is 10.4. The summed E-state index contributed by atoms with van der Waals surface area (Å²) in [6.45, 7) is 1.92. The number of amides is 2. The fourth-order valence-corrected chi connectivity index (χ4v) is 4.16. The molecule has 1 heterocycles. The maximum Gasteiger partial charge on any atom is 0.257 e. The summed E-state index contributed by atoms with van der Waals surface area (Å²) in [6, 6.07) is 22.6. The number of oxazole rings is 1. The van der Waals surface area contributed by atoms with Gasteiger partial charge in [-0.2, -0.15) is 0 Å². The van der Waals surface area contributed by atoms with Crippen LogP contribution in [0.3, 0.4) is 0 Å². The maximum atomic E-state index is 12.8. The van der Waals surface area contributed by atoms with E-state index in [1.54, 1.807) is 12.1 Å². The van der Waals surface area contributed by atoms with Crippen LogP contribution in [0.5, 0.6) is 0 Å². The molecule has 2 amide bonds. The van der Waals surface area contributed by atoms with Crippen LogP contribution < -0.4 is 10.6 Å². The molecule has 1 aromatic heterocycles. The largest absolute Gasteiger partial charge is 0.431 e. The summed E-state index contributed by atoms with van der Waals surface area (Å²) < 4.78 is 5.74. The Labute approximate surface area is 190 Å². The number of anilines is 1. The van der Waals surface area contributed by atoms with E-state index in [0.29, 0.717) is 16.5 Å². The van der Waals surface area contributed by atoms with Gasteiger partial charge in [-0.25, -0.2) is 4.98 Å². The van der Waals surface area contributed by atoms with E-state index in [1.165, 1.54) is 11.8 Å². The highest BCUT2D eigenvalue weighted by molar-refractivity contribution is 7.98. The Bertz CT molecular complexity index is 1220. The van der Waals surface area contributed by atoms with Crippen LogP contribution in [-0.4, -0.2) is 23.3 Å². The molecule has 4 rings (SSSR count). The molecule has 0 bridgehead atoms. The van der Waals surface area contributed by atoms with E-state index in [0.717, 1.165) is 34.3 Å². The second-order valence-corrected chi connectivity index (χ2v) is 8.06. The van der Waals surface area contributed by atoms with E-state index >= 15 is 0 Å². The Morgan fingerprint density at radius 1 is 0.938 bits per heavy atom. The minimum Gasteiger partial charge on any atom is -0.431 e. The van der Waals surface area contributed by atoms with Gasteiger partial charge in [0.15, 0.2) is 5.58 Å². The van der Waals surface area contributed by atoms with Crippen molar-refractivity contribution >= 4 is 40.4 Å². The first-order chi connectivity index (χ1) is 15.6. The number of nitrogens with zero attached hydrogens (tertiary/aromatic N) is 1. The van der Waals surface area contributed by atoms with Gasteiger partial charge in [0.05, 0.1) is 6.54 Å². The smallest absolute Gasteiger partial charge is 0.257 e. The number of carbonyl (C=O) groups excluding carboxylic acids is 2. The predicted octanol–water partition coefficient (Wildman–Crippen LogP) is 5.05. The van der Waals surface area contributed by atoms with Crippen LogP contribution in [0.25, 0.3) is 11.1 Å². The molecule has 4 aromatic rings. The van der Waals surface area contributed by atoms with Crippen LogP contribution in [0.15, 0.2) is 82.4 Å². The molecule has 2 N–H and O–H groups in total. The topological polar surface area (TPSA) is 84.2 Å². The number of rotatable bonds is 8. The quantitative estimate of drug-likeness (QED) is 0.371. The van der Waals surface area contributed by atoms with Gasteiger partial charge in [0, 0.05) is 17.0 Å². The number of benzene rings is 3. The van der Waals surface area contributed by atoms with Crippen molar-refractivity contribution in [3.05, 3.63) is 89.5 Å². The fraction of sp³-hybridized carbons (Fsp3) is 0.160. The molecule has 0 atom stereocenters. The van der Waals surface area contributed by atoms with Crippen LogP contribution in [0, 0.1) is 0 Å². The van der Waals surface area contributed by atoms with Crippen LogP contribution in [0.2, 0.25) is 0 Å². The Morgan fingerprint density at radius 3 is 2.47 bits per heavy atom. The molecule has 0 aliphatic heterocycles. The molecule has 162 valence electrons. The van der Waals surface area contributed by atoms with Crippen molar-refractivity contribution in [1.82, 2.24) is 10.3 Å². The SMILES string of the molecule is CCc1ccccc1NC(=O)CNC(=O)c1ccccc1CSc1nc2ccccc2o1. The molecule has 0 spiro atoms. The van der Waals surface area contributed by atoms with Crippen molar-refractivity contribution in [2.45, 2.75) is 24.3 Å². The molecule has 0 unspecified atom stereocenters. The van der Waals surface area contributed by atoms with Crippen molar-refractivity contribution in [1.29, 1.82) is 0 Å². The van der Waals surface area contributed by atoms with Crippen molar-refractivity contribution in [3.8, 4) is 0 Å². The number of aromatic nitrogens is 1. The number of carbonyl (C=O) groups is 2. The number of para-hydroxylation sites is 3. The lowest BCUT2D eigenvalue weighted by Crippen LogP contribution is -2.33. The minimum absolute atomic E-state index is 0.108. The average molecular weight is 446 g/mol. The lowest BCUT2D eigenvalue weighted by molar-refractivity contribution is -0.115. The van der Waals surface area contributed by atoms with Gasteiger partial charge < -0.3 is 15.1 Å². The molecular formula is C25H23N3O3S. The molecule has 0 fully saturated rings. The van der Waals surface area contributed by atoms with Crippen molar-refractivity contribution in [2.24, 2.45) is 0 Å². The van der Waals surface area contributed by atoms with E-state index in [2.05, 4.69) is 15.6 Å². The van der Waals surface area contributed by atoms with Crippen molar-refractivity contribution in [3.63, 3.8) is 0 Å². The van der Waals surface area contributed by atoms with Crippen LogP contribution in [-0.2, 0) is 17.0 Å². The second-order valence-electron chi connectivity index (χ2n) is 7.13. The standard InChI is InChI=1S/C25H23N3O3S/c1-2-17-9-4-6-12-20(17)27-23(29)15-26-24(30)19-11-5-3-10-18(19)16-32-25-28-21-13-7-8-14-22(21)31-25/h3-14H,2,15-16H2,1H3,(H,26,30)(H,27,29). The highest BCUT2D eigenvalue weighted by atomic mass is 32.2. The molecule has 0 saturated carbocycles. The molecular weight excluding hydrogens is 422 g/mol. The summed E-state index contributed by atoms with van der Waals surface area (Å²) in [7, 11) is 0. The van der Waals surface area contributed by atoms with Crippen LogP contribution in [0.1, 0.15) is 28.4 Å². The predicted molar refractivity (Wildman–Crippen MR) is 127 cm³/mol. The van der Waals surface area contributed by atoms with Gasteiger partial charge in [-0.15, -0.1) is 0 Å². The summed E-state index contributed by atoms with van der Waals surface area (Å²) >= 11 is 1.42. The number of thioether (sulfide) groups is 1. The van der Waals surface area contributed by atoms with Gasteiger partial charge in [0.25, 0.3) is 11.1 Å². The molecule has 3 aromatic carbocycles. The molecule has 0 saturated heterocycles. The summed E-state index contributed by atoms with van der Waals surface area (Å²) in [6.07, 6.45) is 0.813. The van der Waals surface area contributed by atoms with Gasteiger partial charge in [0.2, 0.25) is 5.91 Å². The number of fused-ring (bicyclic) bond motifs is 1. The zero-order chi connectivity index (χ0) is 22.3. The highest BCUT2D eigenvalue weighted by Gasteiger charge is 2.14. The normalized spacial score (nSPS) is 10.8. The maximum absolute atomic E-state index is 12.8. The lowest BCUT2D eigenvalue weighted by atomic mass is 10.1. The Kier molecular flexibility index (Phi) is 6.87. The minimum atomic E-state index is -0.294. The Hall–Kier alpha value is -3.58. The number of nitrogens with one attached hydrogen (secondary N) is 2. The van der Waals surface area contributed by atoms with E-state index in [-0.39, 0.29) is 18.4 Å². The fourth-order valence-electron chi connectivity index (χ4n) is 3.32. The first-order valence-corrected chi connectivity index (χ1v) is 11.3. The number of hydrogen-bond donors (Lipinski definition) is 2. The van der Waals surface area contributed by atoms with E-state index < -0.39 is 0 Å². The van der Waals surface area contributed by atoms with Gasteiger partial charge in [-0.05, 0) is 41.8 Å². The van der Waals surface area contributed by atoms with Crippen molar-refractivity contribution in [2.75, 3.05) is 11.9 Å². The second kappa shape index (κ2) is 10.2. The average Bonchev–Trinajstić information content (AvgIpc) is 3.25. The molecule has 6 nitrogen and oxygen atoms in total. The highest BCUT2D eigenvalue weighted by Crippen LogP contribution is 2.27. The van der Waals surface area contributed by atoms with Crippen LogP contribution in [0.4, 0.5) is 5.69 Å². The number of hydrogen-bond acceptors (Lipinski definition) is 5. The van der Waals surface area contributed by atoms with Gasteiger partial charge in [0.1, 0.15) is 5.52 Å². The van der Waals surface area contributed by atoms with Gasteiger partial charge >= 0.3 is 0 Å². The molecule has 0 aliphatic rings. The Morgan fingerprint density at radius 2 is 1.66 bits per heavy atom. The molecule has 32 heavy (non-hydrogen) atoms. The molecule has 0 radical (unpaired) electrons. The van der Waals surface area contributed by atoms with Gasteiger partial charge in [-0.3, -0.25) is 9.59 Å². The van der Waals surface area contributed by atoms with Crippen LogP contribution >= 0.6 is 11.8 Å². The third-order valence-corrected chi connectivity index (χ3v) is 5.85. The van der Waals surface area contributed by atoms with Crippen molar-refractivity contribution < 1.29 is 14.0 Å². The number of aryl methyl sites for hydroxylation is 1. The first kappa shape index (κ1) is 21.6. The summed E-state index contributed by atoms with van der Waals surface area (Å²) in [5.74, 6) is -0.0396. The molecule has 7 heteroatoms. The summed E-state index contributed by atoms with van der Waals surface area (Å²) in [4.78, 5) is 29.6. The van der Waals surface area contributed by atoms with Gasteiger partial charge in [-0.1, -0.05) is 67.2 Å². The van der Waals surface area contributed by atoms with E-state index in [9.17, 15) is 9.59 Å². The third kappa shape index (κ3) is 5.18. The zero-order valence-electron chi connectivity index (χ0n) is 17.6. The zero-order valence-corrected chi connectivity index (χ0v) is 18.4. The molecule has 0 aliphatic carbocycles.